The van der Waals surface area contributed by atoms with Crippen LogP contribution in [0, 0.1) is 0 Å². The van der Waals surface area contributed by atoms with Gasteiger partial charge in [0, 0.05) is 24.5 Å². The smallest absolute Gasteiger partial charge is 0.282 e. The molecule has 1 saturated carbocycles. The van der Waals surface area contributed by atoms with Gasteiger partial charge in [0.1, 0.15) is 5.69 Å². The third kappa shape index (κ3) is 2.85. The number of aromatic nitrogens is 1. The Morgan fingerprint density at radius 2 is 1.90 bits per heavy atom. The Hall–Kier alpha value is -1.43. The van der Waals surface area contributed by atoms with E-state index >= 15 is 0 Å². The quantitative estimate of drug-likeness (QED) is 0.927. The van der Waals surface area contributed by atoms with Crippen molar-refractivity contribution in [3.05, 3.63) is 16.1 Å². The Morgan fingerprint density at radius 1 is 1.20 bits per heavy atom. The lowest BCUT2D eigenvalue weighted by atomic mass is 10.2. The number of rotatable bonds is 3. The van der Waals surface area contributed by atoms with Crippen LogP contribution >= 0.6 is 11.3 Å². The van der Waals surface area contributed by atoms with Crippen LogP contribution in [-0.2, 0) is 0 Å². The summed E-state index contributed by atoms with van der Waals surface area (Å²) in [7, 11) is 0. The molecule has 0 radical (unpaired) electrons. The molecule has 0 atom stereocenters. The number of nitrogens with one attached hydrogen (secondary N) is 1. The second-order valence-electron chi connectivity index (χ2n) is 5.49. The lowest BCUT2D eigenvalue weighted by Crippen LogP contribution is -2.33. The third-order valence-electron chi connectivity index (χ3n) is 4.00. The molecular formula is C14H19N3O2S. The molecule has 0 bridgehead atoms. The van der Waals surface area contributed by atoms with Gasteiger partial charge in [-0.2, -0.15) is 0 Å². The molecule has 1 aromatic heterocycles. The largest absolute Gasteiger partial charge is 0.348 e. The van der Waals surface area contributed by atoms with E-state index in [4.69, 9.17) is 0 Å². The highest BCUT2D eigenvalue weighted by Crippen LogP contribution is 2.19. The molecule has 0 unspecified atom stereocenters. The van der Waals surface area contributed by atoms with Crippen LogP contribution in [0.15, 0.2) is 5.38 Å². The van der Waals surface area contributed by atoms with Crippen molar-refractivity contribution in [3.63, 3.8) is 0 Å². The summed E-state index contributed by atoms with van der Waals surface area (Å²) >= 11 is 1.27. The van der Waals surface area contributed by atoms with E-state index in [-0.39, 0.29) is 17.9 Å². The molecule has 1 aromatic rings. The van der Waals surface area contributed by atoms with Crippen LogP contribution in [0.5, 0.6) is 0 Å². The number of hydrogen-bond acceptors (Lipinski definition) is 4. The van der Waals surface area contributed by atoms with Crippen LogP contribution < -0.4 is 5.32 Å². The van der Waals surface area contributed by atoms with Gasteiger partial charge in [0.25, 0.3) is 11.8 Å². The summed E-state index contributed by atoms with van der Waals surface area (Å²) in [5.41, 5.74) is 0.379. The minimum Gasteiger partial charge on any atom is -0.348 e. The molecule has 3 rings (SSSR count). The minimum atomic E-state index is -0.145. The van der Waals surface area contributed by atoms with Crippen molar-refractivity contribution >= 4 is 23.2 Å². The van der Waals surface area contributed by atoms with E-state index in [0.717, 1.165) is 38.8 Å². The summed E-state index contributed by atoms with van der Waals surface area (Å²) in [6.07, 6.45) is 6.59. The van der Waals surface area contributed by atoms with Crippen molar-refractivity contribution in [2.45, 2.75) is 44.6 Å². The summed E-state index contributed by atoms with van der Waals surface area (Å²) in [5, 5.41) is 5.12. The lowest BCUT2D eigenvalue weighted by Gasteiger charge is -2.12. The Kier molecular flexibility index (Phi) is 4.00. The standard InChI is InChI=1S/C14H19N3O2S/c18-12(15-10-5-1-2-6-10)11-9-20-13(16-11)14(19)17-7-3-4-8-17/h9-10H,1-8H2,(H,15,18). The molecule has 20 heavy (non-hydrogen) atoms. The van der Waals surface area contributed by atoms with E-state index in [0.29, 0.717) is 10.7 Å². The zero-order valence-corrected chi connectivity index (χ0v) is 12.2. The van der Waals surface area contributed by atoms with Crippen molar-refractivity contribution in [1.29, 1.82) is 0 Å². The summed E-state index contributed by atoms with van der Waals surface area (Å²) < 4.78 is 0. The zero-order chi connectivity index (χ0) is 13.9. The van der Waals surface area contributed by atoms with E-state index < -0.39 is 0 Å². The molecule has 5 nitrogen and oxygen atoms in total. The van der Waals surface area contributed by atoms with Crippen LogP contribution in [0.4, 0.5) is 0 Å². The molecule has 2 aliphatic rings. The van der Waals surface area contributed by atoms with Gasteiger partial charge in [0.15, 0.2) is 5.01 Å². The Labute approximate surface area is 122 Å². The highest BCUT2D eigenvalue weighted by molar-refractivity contribution is 7.11. The number of carbonyl (C=O) groups is 2. The van der Waals surface area contributed by atoms with Crippen molar-refractivity contribution in [1.82, 2.24) is 15.2 Å². The first-order valence-electron chi connectivity index (χ1n) is 7.30. The van der Waals surface area contributed by atoms with Crippen LogP contribution in [0.1, 0.15) is 58.8 Å². The van der Waals surface area contributed by atoms with Crippen LogP contribution in [0.25, 0.3) is 0 Å². The number of hydrogen-bond donors (Lipinski definition) is 1. The fraction of sp³-hybridized carbons (Fsp3) is 0.643. The molecule has 2 amide bonds. The van der Waals surface area contributed by atoms with E-state index in [1.165, 1.54) is 24.2 Å². The predicted octanol–water partition coefficient (Wildman–Crippen LogP) is 2.05. The zero-order valence-electron chi connectivity index (χ0n) is 11.4. The number of amides is 2. The SMILES string of the molecule is O=C(NC1CCCC1)c1csc(C(=O)N2CCCC2)n1. The summed E-state index contributed by atoms with van der Waals surface area (Å²) in [4.78, 5) is 30.3. The lowest BCUT2D eigenvalue weighted by molar-refractivity contribution is 0.0792. The first-order chi connectivity index (χ1) is 9.74. The van der Waals surface area contributed by atoms with Gasteiger partial charge in [0.05, 0.1) is 0 Å². The first kappa shape index (κ1) is 13.5. The maximum absolute atomic E-state index is 12.2. The Bertz CT molecular complexity index is 502. The van der Waals surface area contributed by atoms with E-state index in [1.54, 1.807) is 5.38 Å². The van der Waals surface area contributed by atoms with E-state index in [1.807, 2.05) is 4.90 Å². The summed E-state index contributed by atoms with van der Waals surface area (Å²) in [6.45, 7) is 1.62. The predicted molar refractivity (Wildman–Crippen MR) is 77.0 cm³/mol. The molecule has 2 fully saturated rings. The van der Waals surface area contributed by atoms with Gasteiger partial charge in [-0.15, -0.1) is 11.3 Å². The topological polar surface area (TPSA) is 62.3 Å². The number of thiazole rings is 1. The van der Waals surface area contributed by atoms with Crippen LogP contribution in [0.3, 0.4) is 0 Å². The molecule has 6 heteroatoms. The van der Waals surface area contributed by atoms with Gasteiger partial charge >= 0.3 is 0 Å². The Morgan fingerprint density at radius 3 is 2.60 bits per heavy atom. The molecule has 2 heterocycles. The third-order valence-corrected chi connectivity index (χ3v) is 4.83. The molecule has 0 spiro atoms. The normalized spacial score (nSPS) is 19.5. The number of nitrogens with zero attached hydrogens (tertiary/aromatic N) is 2. The fourth-order valence-corrected chi connectivity index (χ4v) is 3.63. The van der Waals surface area contributed by atoms with Gasteiger partial charge in [-0.1, -0.05) is 12.8 Å². The highest BCUT2D eigenvalue weighted by atomic mass is 32.1. The maximum atomic E-state index is 12.2. The number of carbonyl (C=O) groups excluding carboxylic acids is 2. The second kappa shape index (κ2) is 5.91. The molecule has 0 aromatic carbocycles. The molecular weight excluding hydrogens is 274 g/mol. The monoisotopic (exact) mass is 293 g/mol. The fourth-order valence-electron chi connectivity index (χ4n) is 2.86. The van der Waals surface area contributed by atoms with Crippen molar-refractivity contribution < 1.29 is 9.59 Å². The van der Waals surface area contributed by atoms with Crippen molar-refractivity contribution in [2.75, 3.05) is 13.1 Å². The van der Waals surface area contributed by atoms with Gasteiger partial charge in [-0.3, -0.25) is 9.59 Å². The second-order valence-corrected chi connectivity index (χ2v) is 6.35. The Balaban J connectivity index is 1.63. The minimum absolute atomic E-state index is 0.0348. The van der Waals surface area contributed by atoms with Gasteiger partial charge in [-0.25, -0.2) is 4.98 Å². The van der Waals surface area contributed by atoms with Crippen LogP contribution in [-0.4, -0.2) is 40.8 Å². The van der Waals surface area contributed by atoms with Gasteiger partial charge in [-0.05, 0) is 25.7 Å². The van der Waals surface area contributed by atoms with Crippen LogP contribution in [0.2, 0.25) is 0 Å². The average Bonchev–Trinajstić information content (AvgIpc) is 3.19. The number of likely N-dealkylation sites (tertiary alicyclic amines) is 1. The van der Waals surface area contributed by atoms with Crippen molar-refractivity contribution in [2.24, 2.45) is 0 Å². The highest BCUT2D eigenvalue weighted by Gasteiger charge is 2.24. The van der Waals surface area contributed by atoms with E-state index in [9.17, 15) is 9.59 Å². The van der Waals surface area contributed by atoms with Gasteiger partial charge < -0.3 is 10.2 Å². The molecule has 1 aliphatic heterocycles. The molecule has 1 aliphatic carbocycles. The van der Waals surface area contributed by atoms with E-state index in [2.05, 4.69) is 10.3 Å². The molecule has 1 saturated heterocycles. The summed E-state index contributed by atoms with van der Waals surface area (Å²) in [5.74, 6) is -0.180. The average molecular weight is 293 g/mol. The van der Waals surface area contributed by atoms with Crippen molar-refractivity contribution in [3.8, 4) is 0 Å². The van der Waals surface area contributed by atoms with Gasteiger partial charge in [0.2, 0.25) is 0 Å². The molecule has 1 N–H and O–H groups in total. The first-order valence-corrected chi connectivity index (χ1v) is 8.17. The summed E-state index contributed by atoms with van der Waals surface area (Å²) in [6, 6.07) is 0.280. The molecule has 108 valence electrons. The maximum Gasteiger partial charge on any atom is 0.282 e.